The van der Waals surface area contributed by atoms with Crippen LogP contribution in [0.5, 0.6) is 0 Å². The molecule has 0 amide bonds. The lowest BCUT2D eigenvalue weighted by Crippen LogP contribution is -2.18. The Hall–Kier alpha value is -5.74. The van der Waals surface area contributed by atoms with Crippen molar-refractivity contribution >= 4 is 102 Å². The Morgan fingerprint density at radius 1 is 0.232 bits per heavy atom. The van der Waals surface area contributed by atoms with E-state index in [1.807, 2.05) is 72.8 Å². The van der Waals surface area contributed by atoms with Gasteiger partial charge >= 0.3 is 0 Å². The second-order valence-electron chi connectivity index (χ2n) is 13.5. The van der Waals surface area contributed by atoms with Gasteiger partial charge in [-0.1, -0.05) is 143 Å². The highest BCUT2D eigenvalue weighted by Gasteiger charge is 2.28. The number of fused-ring (bicyclic) bond motifs is 3. The van der Waals surface area contributed by atoms with Crippen LogP contribution in [0.25, 0.3) is 43.8 Å². The third-order valence-electron chi connectivity index (χ3n) is 10.1. The summed E-state index contributed by atoms with van der Waals surface area (Å²) in [6.45, 7) is 0. The lowest BCUT2D eigenvalue weighted by molar-refractivity contribution is 1.25. The second-order valence-corrected chi connectivity index (χ2v) is 15.3. The second kappa shape index (κ2) is 15.4. The molecular formula is C50H32Cl4N2. The van der Waals surface area contributed by atoms with E-state index in [1.54, 1.807) is 0 Å². The van der Waals surface area contributed by atoms with Gasteiger partial charge in [-0.3, -0.25) is 0 Å². The Morgan fingerprint density at radius 3 is 0.732 bits per heavy atom. The van der Waals surface area contributed by atoms with Gasteiger partial charge in [0, 0.05) is 53.6 Å². The molecule has 0 aliphatic heterocycles. The zero-order chi connectivity index (χ0) is 38.2. The number of benzene rings is 9. The van der Waals surface area contributed by atoms with Crippen LogP contribution in [0.2, 0.25) is 20.1 Å². The van der Waals surface area contributed by atoms with E-state index in [2.05, 4.69) is 131 Å². The molecule has 0 bridgehead atoms. The molecule has 2 nitrogen and oxygen atoms in total. The first-order chi connectivity index (χ1) is 27.4. The monoisotopic (exact) mass is 800 g/mol. The van der Waals surface area contributed by atoms with Gasteiger partial charge in [0.1, 0.15) is 0 Å². The lowest BCUT2D eigenvalue weighted by Gasteiger charge is -2.35. The van der Waals surface area contributed by atoms with E-state index in [0.717, 1.165) is 77.9 Å². The first-order valence-electron chi connectivity index (χ1n) is 18.2. The van der Waals surface area contributed by atoms with E-state index in [1.165, 1.54) is 0 Å². The summed E-state index contributed by atoms with van der Waals surface area (Å²) >= 11 is 25.6. The molecule has 0 heterocycles. The maximum Gasteiger partial charge on any atom is 0.0788 e. The predicted molar refractivity (Wildman–Crippen MR) is 242 cm³/mol. The van der Waals surface area contributed by atoms with E-state index >= 15 is 0 Å². The third kappa shape index (κ3) is 6.98. The van der Waals surface area contributed by atoms with Gasteiger partial charge in [0.25, 0.3) is 0 Å². The SMILES string of the molecule is Clc1ccc(-c2ccc(N(c3ccc(Cl)cc3)c3c(N(c4ccc(Cl)cc4)c4ccc(-c5ccc(Cl)cc5)cc4)c4ccccc4c4ccccc34)cc2)cc1. The smallest absolute Gasteiger partial charge is 0.0788 e. The van der Waals surface area contributed by atoms with Gasteiger partial charge in [0.2, 0.25) is 0 Å². The highest BCUT2D eigenvalue weighted by Crippen LogP contribution is 2.53. The minimum absolute atomic E-state index is 0.666. The van der Waals surface area contributed by atoms with E-state index < -0.39 is 0 Å². The maximum atomic E-state index is 6.55. The molecule has 0 saturated carbocycles. The topological polar surface area (TPSA) is 6.48 Å². The molecular weight excluding hydrogens is 770 g/mol. The maximum absolute atomic E-state index is 6.55. The fourth-order valence-electron chi connectivity index (χ4n) is 7.44. The van der Waals surface area contributed by atoms with E-state index in [-0.39, 0.29) is 0 Å². The molecule has 270 valence electrons. The van der Waals surface area contributed by atoms with Crippen LogP contribution in [-0.4, -0.2) is 0 Å². The summed E-state index contributed by atoms with van der Waals surface area (Å²) in [7, 11) is 0. The van der Waals surface area contributed by atoms with Crippen molar-refractivity contribution in [1.82, 2.24) is 0 Å². The fraction of sp³-hybridized carbons (Fsp3) is 0. The van der Waals surface area contributed by atoms with Crippen LogP contribution in [-0.2, 0) is 0 Å². The summed E-state index contributed by atoms with van der Waals surface area (Å²) in [5, 5.41) is 7.22. The quantitative estimate of drug-likeness (QED) is 0.112. The Morgan fingerprint density at radius 2 is 0.446 bits per heavy atom. The van der Waals surface area contributed by atoms with Gasteiger partial charge in [0.15, 0.2) is 0 Å². The van der Waals surface area contributed by atoms with E-state index in [4.69, 9.17) is 46.4 Å². The molecule has 0 aliphatic carbocycles. The molecule has 0 aliphatic rings. The molecule has 0 atom stereocenters. The molecule has 0 saturated heterocycles. The van der Waals surface area contributed by atoms with Crippen molar-refractivity contribution in [2.45, 2.75) is 0 Å². The lowest BCUT2D eigenvalue weighted by atomic mass is 9.95. The molecule has 9 aromatic carbocycles. The molecule has 0 radical (unpaired) electrons. The van der Waals surface area contributed by atoms with Gasteiger partial charge in [0.05, 0.1) is 11.4 Å². The molecule has 9 aromatic rings. The number of anilines is 6. The van der Waals surface area contributed by atoms with Crippen molar-refractivity contribution in [3.05, 3.63) is 214 Å². The van der Waals surface area contributed by atoms with E-state index in [9.17, 15) is 0 Å². The molecule has 0 unspecified atom stereocenters. The highest BCUT2D eigenvalue weighted by atomic mass is 35.5. The minimum Gasteiger partial charge on any atom is -0.308 e. The standard InChI is InChI=1S/C50H32Cl4N2/c51-37-17-9-33(10-18-37)35-13-25-41(26-14-35)55(43-29-21-39(53)22-30-43)49-47-7-3-1-5-45(47)46-6-2-4-8-48(46)50(49)56(44-31-23-40(54)24-32-44)42-27-15-36(16-28-42)34-11-19-38(52)20-12-34/h1-32H. The summed E-state index contributed by atoms with van der Waals surface area (Å²) in [5.74, 6) is 0. The Labute approximate surface area is 346 Å². The molecule has 0 aromatic heterocycles. The van der Waals surface area contributed by atoms with Crippen molar-refractivity contribution in [2.75, 3.05) is 9.80 Å². The molecule has 6 heteroatoms. The number of halogens is 4. The summed E-state index contributed by atoms with van der Waals surface area (Å²) < 4.78 is 0. The predicted octanol–water partition coefficient (Wildman–Crippen LogP) is 16.9. The minimum atomic E-state index is 0.666. The van der Waals surface area contributed by atoms with Gasteiger partial charge in [-0.2, -0.15) is 0 Å². The highest BCUT2D eigenvalue weighted by molar-refractivity contribution is 6.31. The Kier molecular flexibility index (Phi) is 9.89. The third-order valence-corrected chi connectivity index (χ3v) is 11.1. The molecule has 0 N–H and O–H groups in total. The van der Waals surface area contributed by atoms with Crippen LogP contribution >= 0.6 is 46.4 Å². The van der Waals surface area contributed by atoms with Crippen LogP contribution in [0.4, 0.5) is 34.1 Å². The van der Waals surface area contributed by atoms with Gasteiger partial charge < -0.3 is 9.80 Å². The number of rotatable bonds is 8. The number of hydrogen-bond donors (Lipinski definition) is 0. The molecule has 9 rings (SSSR count). The van der Waals surface area contributed by atoms with Crippen LogP contribution in [0.15, 0.2) is 194 Å². The normalized spacial score (nSPS) is 11.2. The van der Waals surface area contributed by atoms with Crippen molar-refractivity contribution < 1.29 is 0 Å². The Bertz CT molecular complexity index is 2600. The van der Waals surface area contributed by atoms with E-state index in [0.29, 0.717) is 20.1 Å². The zero-order valence-corrected chi connectivity index (χ0v) is 32.9. The summed E-state index contributed by atoms with van der Waals surface area (Å²) in [5.41, 5.74) is 10.3. The summed E-state index contributed by atoms with van der Waals surface area (Å²) in [6.07, 6.45) is 0. The van der Waals surface area contributed by atoms with Crippen molar-refractivity contribution in [1.29, 1.82) is 0 Å². The first-order valence-corrected chi connectivity index (χ1v) is 19.7. The summed E-state index contributed by atoms with van der Waals surface area (Å²) in [6, 6.07) is 66.7. The molecule has 56 heavy (non-hydrogen) atoms. The molecule has 0 fully saturated rings. The number of nitrogens with zero attached hydrogens (tertiary/aromatic N) is 2. The van der Waals surface area contributed by atoms with Gasteiger partial charge in [-0.05, 0) is 130 Å². The van der Waals surface area contributed by atoms with Gasteiger partial charge in [-0.15, -0.1) is 0 Å². The summed E-state index contributed by atoms with van der Waals surface area (Å²) in [4.78, 5) is 4.69. The zero-order valence-electron chi connectivity index (χ0n) is 29.9. The van der Waals surface area contributed by atoms with Crippen molar-refractivity contribution in [3.63, 3.8) is 0 Å². The van der Waals surface area contributed by atoms with Crippen LogP contribution < -0.4 is 9.80 Å². The largest absolute Gasteiger partial charge is 0.308 e. The van der Waals surface area contributed by atoms with Crippen LogP contribution in [0.3, 0.4) is 0 Å². The van der Waals surface area contributed by atoms with Crippen molar-refractivity contribution in [3.8, 4) is 22.3 Å². The van der Waals surface area contributed by atoms with Crippen LogP contribution in [0.1, 0.15) is 0 Å². The number of hydrogen-bond acceptors (Lipinski definition) is 2. The average molecular weight is 803 g/mol. The average Bonchev–Trinajstić information content (AvgIpc) is 3.24. The first kappa shape index (κ1) is 35.9. The molecule has 0 spiro atoms. The van der Waals surface area contributed by atoms with Crippen LogP contribution in [0, 0.1) is 0 Å². The Balaban J connectivity index is 1.34. The van der Waals surface area contributed by atoms with Gasteiger partial charge in [-0.25, -0.2) is 0 Å². The fourth-order valence-corrected chi connectivity index (χ4v) is 7.95. The van der Waals surface area contributed by atoms with Crippen molar-refractivity contribution in [2.24, 2.45) is 0 Å².